The maximum absolute atomic E-state index is 11.8. The third kappa shape index (κ3) is 12.1. The lowest BCUT2D eigenvalue weighted by Gasteiger charge is -2.06. The first-order chi connectivity index (χ1) is 8.27. The Labute approximate surface area is 106 Å². The van der Waals surface area contributed by atoms with Crippen molar-refractivity contribution in [2.24, 2.45) is 0 Å². The van der Waals surface area contributed by atoms with Gasteiger partial charge < -0.3 is 5.11 Å². The third-order valence-corrected chi connectivity index (χ3v) is 3.78. The Kier molecular flexibility index (Phi) is 8.54. The molecule has 0 rings (SSSR count). The van der Waals surface area contributed by atoms with E-state index in [1.165, 1.54) is 0 Å². The highest BCUT2D eigenvalue weighted by Gasteiger charge is 2.25. The van der Waals surface area contributed by atoms with Gasteiger partial charge in [0.05, 0.1) is 12.4 Å². The lowest BCUT2D eigenvalue weighted by molar-refractivity contribution is -0.135. The second kappa shape index (κ2) is 8.71. The van der Waals surface area contributed by atoms with E-state index in [1.807, 2.05) is 0 Å². The first-order valence-electron chi connectivity index (χ1n) is 5.92. The average Bonchev–Trinajstić information content (AvgIpc) is 2.23. The van der Waals surface area contributed by atoms with E-state index in [9.17, 15) is 21.6 Å². The van der Waals surface area contributed by atoms with Gasteiger partial charge in [-0.1, -0.05) is 19.3 Å². The lowest BCUT2D eigenvalue weighted by atomic mass is 10.1. The first-order valence-corrected chi connectivity index (χ1v) is 7.57. The van der Waals surface area contributed by atoms with Crippen molar-refractivity contribution in [3.63, 3.8) is 0 Å². The van der Waals surface area contributed by atoms with Gasteiger partial charge in [-0.2, -0.15) is 13.2 Å². The summed E-state index contributed by atoms with van der Waals surface area (Å²) in [5.41, 5.74) is 0. The predicted octanol–water partition coefficient (Wildman–Crippen LogP) is 1.80. The summed E-state index contributed by atoms with van der Waals surface area (Å²) in [6, 6.07) is 0. The fourth-order valence-corrected chi connectivity index (χ4v) is 2.55. The van der Waals surface area contributed by atoms with E-state index in [1.54, 1.807) is 0 Å². The molecule has 0 spiro atoms. The Hall–Kier alpha value is -0.340. The molecular formula is C10H20F3NO3S. The van der Waals surface area contributed by atoms with Gasteiger partial charge in [-0.05, 0) is 12.8 Å². The molecule has 0 heterocycles. The number of rotatable bonds is 10. The minimum atomic E-state index is -4.10. The molecule has 2 N–H and O–H groups in total. The third-order valence-electron chi connectivity index (χ3n) is 2.31. The van der Waals surface area contributed by atoms with Crippen LogP contribution in [-0.4, -0.2) is 38.6 Å². The molecule has 0 fully saturated rings. The molecule has 4 nitrogen and oxygen atoms in total. The first kappa shape index (κ1) is 17.7. The maximum atomic E-state index is 11.8. The molecule has 0 amide bonds. The van der Waals surface area contributed by atoms with Crippen LogP contribution in [0.1, 0.15) is 38.5 Å². The largest absolute Gasteiger partial charge is 0.395 e. The number of halogens is 3. The van der Waals surface area contributed by atoms with Crippen LogP contribution in [0.3, 0.4) is 0 Å². The summed E-state index contributed by atoms with van der Waals surface area (Å²) in [7, 11) is -3.35. The van der Waals surface area contributed by atoms with Crippen LogP contribution in [0.15, 0.2) is 0 Å². The van der Waals surface area contributed by atoms with Gasteiger partial charge in [0.15, 0.2) is 0 Å². The van der Waals surface area contributed by atoms with E-state index in [2.05, 4.69) is 4.72 Å². The predicted molar refractivity (Wildman–Crippen MR) is 62.6 cm³/mol. The second-order valence-electron chi connectivity index (χ2n) is 4.07. The molecule has 0 aromatic rings. The van der Waals surface area contributed by atoms with E-state index < -0.39 is 22.6 Å². The number of aliphatic hydroxyl groups excluding tert-OH is 1. The number of hydrogen-bond acceptors (Lipinski definition) is 3. The topological polar surface area (TPSA) is 66.4 Å². The van der Waals surface area contributed by atoms with Gasteiger partial charge in [-0.15, -0.1) is 0 Å². The molecule has 0 aliphatic heterocycles. The highest BCUT2D eigenvalue weighted by molar-refractivity contribution is 7.89. The minimum absolute atomic E-state index is 0.00604. The molecular weight excluding hydrogens is 271 g/mol. The van der Waals surface area contributed by atoms with Crippen molar-refractivity contribution in [2.45, 2.75) is 44.7 Å². The highest BCUT2D eigenvalue weighted by Crippen LogP contribution is 2.22. The standard InChI is InChI=1S/C10H20F3NO3S/c11-10(12,13)6-4-2-1-3-5-9-18(16,17)14-7-8-15/h14-15H,1-9H2. The maximum Gasteiger partial charge on any atom is 0.389 e. The van der Waals surface area contributed by atoms with Gasteiger partial charge in [-0.25, -0.2) is 13.1 Å². The normalized spacial score (nSPS) is 12.9. The van der Waals surface area contributed by atoms with Crippen LogP contribution in [0, 0.1) is 0 Å². The summed E-state index contributed by atoms with van der Waals surface area (Å²) in [5, 5.41) is 8.45. The number of nitrogens with one attached hydrogen (secondary N) is 1. The van der Waals surface area contributed by atoms with Crippen LogP contribution in [-0.2, 0) is 10.0 Å². The fourth-order valence-electron chi connectivity index (χ4n) is 1.42. The Balaban J connectivity index is 3.46. The fraction of sp³-hybridized carbons (Fsp3) is 1.00. The summed E-state index contributed by atoms with van der Waals surface area (Å²) in [6.07, 6.45) is -2.69. The van der Waals surface area contributed by atoms with Gasteiger partial charge in [0, 0.05) is 13.0 Å². The molecule has 0 aromatic heterocycles. The summed E-state index contributed by atoms with van der Waals surface area (Å²) < 4.78 is 60.1. The van der Waals surface area contributed by atoms with Gasteiger partial charge in [0.1, 0.15) is 0 Å². The monoisotopic (exact) mass is 291 g/mol. The van der Waals surface area contributed by atoms with Crippen LogP contribution in [0.2, 0.25) is 0 Å². The molecule has 0 aliphatic rings. The van der Waals surface area contributed by atoms with Crippen LogP contribution >= 0.6 is 0 Å². The van der Waals surface area contributed by atoms with Crippen LogP contribution in [0.4, 0.5) is 13.2 Å². The Morgan fingerprint density at radius 2 is 1.56 bits per heavy atom. The number of sulfonamides is 1. The lowest BCUT2D eigenvalue weighted by Crippen LogP contribution is -2.28. The van der Waals surface area contributed by atoms with Crippen molar-refractivity contribution in [3.05, 3.63) is 0 Å². The molecule has 0 saturated carbocycles. The van der Waals surface area contributed by atoms with Crippen LogP contribution in [0.5, 0.6) is 0 Å². The van der Waals surface area contributed by atoms with Crippen molar-refractivity contribution in [1.29, 1.82) is 0 Å². The molecule has 8 heteroatoms. The van der Waals surface area contributed by atoms with E-state index in [4.69, 9.17) is 5.11 Å². The SMILES string of the molecule is O=S(=O)(CCCCCCCC(F)(F)F)NCCO. The van der Waals surface area contributed by atoms with Gasteiger partial charge in [-0.3, -0.25) is 0 Å². The Bertz CT molecular complexity index is 304. The number of unbranched alkanes of at least 4 members (excludes halogenated alkanes) is 4. The zero-order valence-corrected chi connectivity index (χ0v) is 11.0. The zero-order valence-electron chi connectivity index (χ0n) is 10.2. The number of alkyl halides is 3. The molecule has 0 atom stereocenters. The molecule has 110 valence electrons. The molecule has 0 unspecified atom stereocenters. The number of aliphatic hydroxyl groups is 1. The Morgan fingerprint density at radius 1 is 1.00 bits per heavy atom. The zero-order chi connectivity index (χ0) is 14.1. The molecule has 0 aromatic carbocycles. The van der Waals surface area contributed by atoms with Crippen molar-refractivity contribution >= 4 is 10.0 Å². The summed E-state index contributed by atoms with van der Waals surface area (Å²) in [4.78, 5) is 0. The van der Waals surface area contributed by atoms with Crippen molar-refractivity contribution in [1.82, 2.24) is 4.72 Å². The van der Waals surface area contributed by atoms with Gasteiger partial charge in [0.25, 0.3) is 0 Å². The minimum Gasteiger partial charge on any atom is -0.395 e. The Morgan fingerprint density at radius 3 is 2.11 bits per heavy atom. The molecule has 0 bridgehead atoms. The molecule has 18 heavy (non-hydrogen) atoms. The summed E-state index contributed by atoms with van der Waals surface area (Å²) in [5.74, 6) is -0.0493. The van der Waals surface area contributed by atoms with Crippen molar-refractivity contribution in [2.75, 3.05) is 18.9 Å². The van der Waals surface area contributed by atoms with E-state index in [-0.39, 0.29) is 25.3 Å². The van der Waals surface area contributed by atoms with Crippen molar-refractivity contribution < 1.29 is 26.7 Å². The average molecular weight is 291 g/mol. The second-order valence-corrected chi connectivity index (χ2v) is 6.00. The number of hydrogen-bond donors (Lipinski definition) is 2. The van der Waals surface area contributed by atoms with E-state index in [0.29, 0.717) is 25.7 Å². The molecule has 0 radical (unpaired) electrons. The smallest absolute Gasteiger partial charge is 0.389 e. The van der Waals surface area contributed by atoms with Crippen LogP contribution < -0.4 is 4.72 Å². The molecule has 0 aliphatic carbocycles. The van der Waals surface area contributed by atoms with E-state index >= 15 is 0 Å². The highest BCUT2D eigenvalue weighted by atomic mass is 32.2. The van der Waals surface area contributed by atoms with Gasteiger partial charge in [0.2, 0.25) is 10.0 Å². The van der Waals surface area contributed by atoms with Crippen molar-refractivity contribution in [3.8, 4) is 0 Å². The quantitative estimate of drug-likeness (QED) is 0.603. The summed E-state index contributed by atoms with van der Waals surface area (Å²) in [6.45, 7) is -0.259. The van der Waals surface area contributed by atoms with Gasteiger partial charge >= 0.3 is 6.18 Å². The summed E-state index contributed by atoms with van der Waals surface area (Å²) >= 11 is 0. The van der Waals surface area contributed by atoms with E-state index in [0.717, 1.165) is 0 Å². The van der Waals surface area contributed by atoms with Crippen LogP contribution in [0.25, 0.3) is 0 Å². The molecule has 0 saturated heterocycles.